The standard InChI is InChI=1S/C15H22N2O.ClH/c1-11(12-5-3-2-4-6-12)9-15(18)17-14(10-16)13-7-8-13;/h2-6,11,13-14H,7-10,16H2,1H3,(H,17,18);1H. The maximum Gasteiger partial charge on any atom is 0.220 e. The molecule has 0 spiro atoms. The van der Waals surface area contributed by atoms with Crippen molar-refractivity contribution in [1.82, 2.24) is 5.32 Å². The zero-order chi connectivity index (χ0) is 13.0. The summed E-state index contributed by atoms with van der Waals surface area (Å²) in [6.07, 6.45) is 2.94. The van der Waals surface area contributed by atoms with Crippen molar-refractivity contribution in [3.8, 4) is 0 Å². The van der Waals surface area contributed by atoms with E-state index >= 15 is 0 Å². The Bertz CT molecular complexity index is 392. The van der Waals surface area contributed by atoms with Gasteiger partial charge in [0, 0.05) is 19.0 Å². The van der Waals surface area contributed by atoms with Crippen LogP contribution in [0.15, 0.2) is 30.3 Å². The molecule has 1 saturated carbocycles. The number of benzene rings is 1. The van der Waals surface area contributed by atoms with E-state index < -0.39 is 0 Å². The molecule has 0 heterocycles. The maximum absolute atomic E-state index is 12.0. The van der Waals surface area contributed by atoms with Gasteiger partial charge in [-0.1, -0.05) is 37.3 Å². The van der Waals surface area contributed by atoms with E-state index in [0.29, 0.717) is 18.9 Å². The van der Waals surface area contributed by atoms with Crippen molar-refractivity contribution in [3.63, 3.8) is 0 Å². The zero-order valence-electron chi connectivity index (χ0n) is 11.3. The second-order valence-electron chi connectivity index (χ2n) is 5.26. The van der Waals surface area contributed by atoms with Gasteiger partial charge in [-0.3, -0.25) is 4.79 Å². The van der Waals surface area contributed by atoms with Gasteiger partial charge in [-0.15, -0.1) is 12.4 Å². The molecular formula is C15H23ClN2O. The van der Waals surface area contributed by atoms with Crippen molar-refractivity contribution in [2.45, 2.75) is 38.1 Å². The van der Waals surface area contributed by atoms with Gasteiger partial charge in [0.05, 0.1) is 0 Å². The number of nitrogens with two attached hydrogens (primary N) is 1. The Hall–Kier alpha value is -1.06. The third kappa shape index (κ3) is 4.84. The van der Waals surface area contributed by atoms with Crippen LogP contribution in [-0.4, -0.2) is 18.5 Å². The summed E-state index contributed by atoms with van der Waals surface area (Å²) in [6, 6.07) is 10.3. The number of rotatable bonds is 6. The molecule has 1 amide bonds. The van der Waals surface area contributed by atoms with Gasteiger partial charge in [-0.05, 0) is 30.2 Å². The second-order valence-corrected chi connectivity index (χ2v) is 5.26. The van der Waals surface area contributed by atoms with Gasteiger partial charge in [-0.25, -0.2) is 0 Å². The molecule has 0 aromatic heterocycles. The highest BCUT2D eigenvalue weighted by molar-refractivity contribution is 5.85. The van der Waals surface area contributed by atoms with Gasteiger partial charge in [0.1, 0.15) is 0 Å². The summed E-state index contributed by atoms with van der Waals surface area (Å²) < 4.78 is 0. The number of carbonyl (C=O) groups is 1. The molecular weight excluding hydrogens is 260 g/mol. The van der Waals surface area contributed by atoms with Crippen LogP contribution in [-0.2, 0) is 4.79 Å². The van der Waals surface area contributed by atoms with E-state index in [1.54, 1.807) is 0 Å². The summed E-state index contributed by atoms with van der Waals surface area (Å²) in [6.45, 7) is 2.64. The monoisotopic (exact) mass is 282 g/mol. The van der Waals surface area contributed by atoms with Crippen molar-refractivity contribution in [2.75, 3.05) is 6.54 Å². The molecule has 1 aliphatic rings. The highest BCUT2D eigenvalue weighted by Crippen LogP contribution is 2.32. The molecule has 2 unspecified atom stereocenters. The molecule has 2 rings (SSSR count). The fraction of sp³-hybridized carbons (Fsp3) is 0.533. The van der Waals surface area contributed by atoms with Crippen molar-refractivity contribution in [3.05, 3.63) is 35.9 Å². The Kier molecular flexibility index (Phi) is 6.32. The first-order chi connectivity index (χ1) is 8.70. The van der Waals surface area contributed by atoms with E-state index in [-0.39, 0.29) is 30.3 Å². The van der Waals surface area contributed by atoms with Crippen LogP contribution in [0, 0.1) is 5.92 Å². The highest BCUT2D eigenvalue weighted by atomic mass is 35.5. The number of amides is 1. The third-order valence-electron chi connectivity index (χ3n) is 3.65. The van der Waals surface area contributed by atoms with Gasteiger partial charge in [-0.2, -0.15) is 0 Å². The quantitative estimate of drug-likeness (QED) is 0.842. The first-order valence-corrected chi connectivity index (χ1v) is 6.75. The zero-order valence-corrected chi connectivity index (χ0v) is 12.2. The molecule has 1 aliphatic carbocycles. The molecule has 0 radical (unpaired) electrons. The van der Waals surface area contributed by atoms with Gasteiger partial charge in [0.25, 0.3) is 0 Å². The van der Waals surface area contributed by atoms with Crippen molar-refractivity contribution in [1.29, 1.82) is 0 Å². The predicted octanol–water partition coefficient (Wildman–Crippen LogP) is 2.46. The van der Waals surface area contributed by atoms with Crippen molar-refractivity contribution in [2.24, 2.45) is 11.7 Å². The average molecular weight is 283 g/mol. The van der Waals surface area contributed by atoms with Crippen LogP contribution in [0.2, 0.25) is 0 Å². The number of hydrogen-bond donors (Lipinski definition) is 2. The van der Waals surface area contributed by atoms with Crippen LogP contribution in [0.3, 0.4) is 0 Å². The lowest BCUT2D eigenvalue weighted by Crippen LogP contribution is -2.42. The Morgan fingerprint density at radius 2 is 2.00 bits per heavy atom. The molecule has 1 aromatic rings. The molecule has 0 saturated heterocycles. The van der Waals surface area contributed by atoms with E-state index in [4.69, 9.17) is 5.73 Å². The summed E-state index contributed by atoms with van der Waals surface area (Å²) in [4.78, 5) is 12.0. The number of carbonyl (C=O) groups excluding carboxylic acids is 1. The van der Waals surface area contributed by atoms with Crippen LogP contribution in [0.5, 0.6) is 0 Å². The van der Waals surface area contributed by atoms with Crippen LogP contribution in [0.1, 0.15) is 37.7 Å². The molecule has 19 heavy (non-hydrogen) atoms. The molecule has 0 aliphatic heterocycles. The summed E-state index contributed by atoms with van der Waals surface area (Å²) in [5, 5.41) is 3.07. The average Bonchev–Trinajstić information content (AvgIpc) is 3.21. The molecule has 1 aromatic carbocycles. The lowest BCUT2D eigenvalue weighted by atomic mass is 9.97. The van der Waals surface area contributed by atoms with Crippen molar-refractivity contribution >= 4 is 18.3 Å². The lowest BCUT2D eigenvalue weighted by molar-refractivity contribution is -0.122. The smallest absolute Gasteiger partial charge is 0.220 e. The second kappa shape index (κ2) is 7.51. The number of hydrogen-bond acceptors (Lipinski definition) is 2. The molecule has 4 heteroatoms. The minimum absolute atomic E-state index is 0. The van der Waals surface area contributed by atoms with Crippen molar-refractivity contribution < 1.29 is 4.79 Å². The Balaban J connectivity index is 0.00000180. The summed E-state index contributed by atoms with van der Waals surface area (Å²) in [7, 11) is 0. The molecule has 106 valence electrons. The van der Waals surface area contributed by atoms with Crippen LogP contribution >= 0.6 is 12.4 Å². The molecule has 2 atom stereocenters. The largest absolute Gasteiger partial charge is 0.352 e. The van der Waals surface area contributed by atoms with Crippen LogP contribution in [0.25, 0.3) is 0 Å². The molecule has 3 N–H and O–H groups in total. The predicted molar refractivity (Wildman–Crippen MR) is 80.4 cm³/mol. The first kappa shape index (κ1) is 16.0. The Labute approximate surface area is 121 Å². The maximum atomic E-state index is 12.0. The summed E-state index contributed by atoms with van der Waals surface area (Å²) in [5.41, 5.74) is 6.90. The summed E-state index contributed by atoms with van der Waals surface area (Å²) in [5.74, 6) is 0.989. The fourth-order valence-corrected chi connectivity index (χ4v) is 2.31. The topological polar surface area (TPSA) is 55.1 Å². The van der Waals surface area contributed by atoms with E-state index in [1.807, 2.05) is 18.2 Å². The number of nitrogens with one attached hydrogen (secondary N) is 1. The van der Waals surface area contributed by atoms with E-state index in [0.717, 1.165) is 0 Å². The van der Waals surface area contributed by atoms with Gasteiger partial charge in [0.15, 0.2) is 0 Å². The van der Waals surface area contributed by atoms with Gasteiger partial charge in [0.2, 0.25) is 5.91 Å². The Morgan fingerprint density at radius 3 is 2.53 bits per heavy atom. The highest BCUT2D eigenvalue weighted by Gasteiger charge is 2.31. The van der Waals surface area contributed by atoms with E-state index in [2.05, 4.69) is 24.4 Å². The third-order valence-corrected chi connectivity index (χ3v) is 3.65. The summed E-state index contributed by atoms with van der Waals surface area (Å²) >= 11 is 0. The first-order valence-electron chi connectivity index (χ1n) is 6.75. The SMILES string of the molecule is CC(CC(=O)NC(CN)C1CC1)c1ccccc1.Cl. The molecule has 3 nitrogen and oxygen atoms in total. The molecule has 1 fully saturated rings. The van der Waals surface area contributed by atoms with Crippen LogP contribution < -0.4 is 11.1 Å². The normalized spacial score (nSPS) is 17.2. The van der Waals surface area contributed by atoms with E-state index in [1.165, 1.54) is 18.4 Å². The van der Waals surface area contributed by atoms with E-state index in [9.17, 15) is 4.79 Å². The van der Waals surface area contributed by atoms with Crippen LogP contribution in [0.4, 0.5) is 0 Å². The number of halogens is 1. The Morgan fingerprint density at radius 1 is 1.37 bits per heavy atom. The lowest BCUT2D eigenvalue weighted by Gasteiger charge is -2.18. The minimum Gasteiger partial charge on any atom is -0.352 e. The fourth-order valence-electron chi connectivity index (χ4n) is 2.31. The van der Waals surface area contributed by atoms with Gasteiger partial charge >= 0.3 is 0 Å². The minimum atomic E-state index is 0. The van der Waals surface area contributed by atoms with Gasteiger partial charge < -0.3 is 11.1 Å². The molecule has 0 bridgehead atoms.